The van der Waals surface area contributed by atoms with Gasteiger partial charge in [0.1, 0.15) is 5.82 Å². The molecule has 2 heterocycles. The lowest BCUT2D eigenvalue weighted by Gasteiger charge is -2.08. The zero-order chi connectivity index (χ0) is 14.0. The van der Waals surface area contributed by atoms with Gasteiger partial charge in [-0.2, -0.15) is 5.26 Å². The molecule has 2 atom stereocenters. The average Bonchev–Trinajstić information content (AvgIpc) is 2.89. The van der Waals surface area contributed by atoms with Crippen molar-refractivity contribution in [2.24, 2.45) is 13.0 Å². The van der Waals surface area contributed by atoms with E-state index in [1.807, 2.05) is 18.5 Å². The lowest BCUT2D eigenvalue weighted by Crippen LogP contribution is -2.09. The highest BCUT2D eigenvalue weighted by Crippen LogP contribution is 2.29. The van der Waals surface area contributed by atoms with Crippen LogP contribution in [0.4, 0.5) is 0 Å². The molecule has 2 rings (SSSR count). The molecule has 0 aromatic carbocycles. The third-order valence-corrected chi connectivity index (χ3v) is 6.20. The normalized spacial score (nSPS) is 23.1. The van der Waals surface area contributed by atoms with Gasteiger partial charge in [0.15, 0.2) is 15.0 Å². The summed E-state index contributed by atoms with van der Waals surface area (Å²) in [5, 5.41) is 17.7. The van der Waals surface area contributed by atoms with Crippen molar-refractivity contribution in [3.63, 3.8) is 0 Å². The van der Waals surface area contributed by atoms with Gasteiger partial charge < -0.3 is 4.57 Å². The van der Waals surface area contributed by atoms with Gasteiger partial charge in [-0.25, -0.2) is 8.42 Å². The predicted molar refractivity (Wildman–Crippen MR) is 72.5 cm³/mol. The Morgan fingerprint density at radius 1 is 1.58 bits per heavy atom. The summed E-state index contributed by atoms with van der Waals surface area (Å²) in [6, 6.07) is 2.17. The summed E-state index contributed by atoms with van der Waals surface area (Å²) in [4.78, 5) is 0. The summed E-state index contributed by atoms with van der Waals surface area (Å²) in [6.07, 6.45) is 0.619. The Balaban J connectivity index is 2.09. The van der Waals surface area contributed by atoms with Crippen molar-refractivity contribution in [1.29, 1.82) is 5.26 Å². The van der Waals surface area contributed by atoms with E-state index in [0.717, 1.165) is 11.0 Å². The number of rotatable bonds is 4. The summed E-state index contributed by atoms with van der Waals surface area (Å²) in [6.45, 7) is 1.85. The Bertz CT molecular complexity index is 603. The van der Waals surface area contributed by atoms with Gasteiger partial charge in [0.2, 0.25) is 0 Å². The Labute approximate surface area is 117 Å². The highest BCUT2D eigenvalue weighted by atomic mass is 32.2. The molecule has 1 saturated heterocycles. The molecule has 1 aliphatic heterocycles. The van der Waals surface area contributed by atoms with E-state index >= 15 is 0 Å². The van der Waals surface area contributed by atoms with E-state index < -0.39 is 9.84 Å². The maximum absolute atomic E-state index is 11.5. The van der Waals surface area contributed by atoms with Crippen molar-refractivity contribution in [2.45, 2.75) is 24.4 Å². The minimum absolute atomic E-state index is 0.0444. The first-order valence-electron chi connectivity index (χ1n) is 6.05. The minimum atomic E-state index is -2.91. The molecule has 0 radical (unpaired) electrons. The average molecular weight is 300 g/mol. The first kappa shape index (κ1) is 14.3. The molecule has 0 bridgehead atoms. The fourth-order valence-corrected chi connectivity index (χ4v) is 4.64. The third-order valence-electron chi connectivity index (χ3n) is 3.15. The van der Waals surface area contributed by atoms with E-state index in [2.05, 4.69) is 16.3 Å². The third kappa shape index (κ3) is 3.28. The zero-order valence-corrected chi connectivity index (χ0v) is 12.5. The van der Waals surface area contributed by atoms with Crippen molar-refractivity contribution in [1.82, 2.24) is 14.8 Å². The highest BCUT2D eigenvalue weighted by Gasteiger charge is 2.32. The number of nitrogens with zero attached hydrogens (tertiary/aromatic N) is 4. The van der Waals surface area contributed by atoms with Gasteiger partial charge in [0.05, 0.1) is 23.5 Å². The van der Waals surface area contributed by atoms with Crippen molar-refractivity contribution >= 4 is 21.6 Å². The van der Waals surface area contributed by atoms with Crippen LogP contribution in [0.1, 0.15) is 25.1 Å². The first-order chi connectivity index (χ1) is 8.93. The monoisotopic (exact) mass is 300 g/mol. The summed E-state index contributed by atoms with van der Waals surface area (Å²) >= 11 is 1.48. The largest absolute Gasteiger partial charge is 0.309 e. The first-order valence-corrected chi connectivity index (χ1v) is 8.86. The van der Waals surface area contributed by atoms with Gasteiger partial charge in [-0.15, -0.1) is 10.2 Å². The second kappa shape index (κ2) is 5.51. The predicted octanol–water partition coefficient (Wildman–Crippen LogP) is 0.969. The van der Waals surface area contributed by atoms with Gasteiger partial charge in [0, 0.05) is 18.7 Å². The van der Waals surface area contributed by atoms with Crippen LogP contribution < -0.4 is 0 Å². The second-order valence-electron chi connectivity index (χ2n) is 4.84. The van der Waals surface area contributed by atoms with Gasteiger partial charge in [-0.3, -0.25) is 0 Å². The molecule has 0 spiro atoms. The van der Waals surface area contributed by atoms with Crippen LogP contribution in [-0.2, 0) is 16.9 Å². The number of nitriles is 1. The quantitative estimate of drug-likeness (QED) is 0.770. The van der Waals surface area contributed by atoms with Gasteiger partial charge in [-0.1, -0.05) is 11.8 Å². The molecule has 1 fully saturated rings. The Kier molecular flexibility index (Phi) is 4.16. The number of hydrogen-bond donors (Lipinski definition) is 0. The van der Waals surface area contributed by atoms with E-state index in [9.17, 15) is 8.42 Å². The van der Waals surface area contributed by atoms with Crippen molar-refractivity contribution in [2.75, 3.05) is 17.3 Å². The molecule has 104 valence electrons. The van der Waals surface area contributed by atoms with Crippen LogP contribution in [-0.4, -0.2) is 40.4 Å². The lowest BCUT2D eigenvalue weighted by molar-refractivity contribution is 0.599. The van der Waals surface area contributed by atoms with Gasteiger partial charge in [-0.05, 0) is 13.3 Å². The van der Waals surface area contributed by atoms with E-state index in [1.54, 1.807) is 0 Å². The minimum Gasteiger partial charge on any atom is -0.309 e. The van der Waals surface area contributed by atoms with Crippen LogP contribution >= 0.6 is 11.8 Å². The zero-order valence-electron chi connectivity index (χ0n) is 10.9. The fourth-order valence-electron chi connectivity index (χ4n) is 2.04. The maximum atomic E-state index is 11.5. The van der Waals surface area contributed by atoms with Crippen LogP contribution in [0.25, 0.3) is 0 Å². The van der Waals surface area contributed by atoms with Crippen LogP contribution in [0.5, 0.6) is 0 Å². The number of hydrogen-bond acceptors (Lipinski definition) is 6. The molecule has 0 amide bonds. The van der Waals surface area contributed by atoms with E-state index in [1.165, 1.54) is 11.8 Å². The fraction of sp³-hybridized carbons (Fsp3) is 0.727. The highest BCUT2D eigenvalue weighted by molar-refractivity contribution is 7.99. The Hall–Kier alpha value is -1.07. The molecule has 1 aliphatic rings. The van der Waals surface area contributed by atoms with Crippen LogP contribution in [0.3, 0.4) is 0 Å². The molecule has 0 aliphatic carbocycles. The van der Waals surface area contributed by atoms with Crippen molar-refractivity contribution in [3.05, 3.63) is 5.82 Å². The van der Waals surface area contributed by atoms with E-state index in [0.29, 0.717) is 12.2 Å². The molecule has 6 nitrogen and oxygen atoms in total. The number of sulfone groups is 1. The number of aromatic nitrogens is 3. The molecule has 0 unspecified atom stereocenters. The standard InChI is InChI=1S/C11H16N4O2S2/c1-8(5-12)6-18-11-14-13-10(15(11)2)9-3-4-19(16,17)7-9/h8-9H,3-4,6-7H2,1-2H3/t8-,9+/m0/s1. The lowest BCUT2D eigenvalue weighted by atomic mass is 10.1. The Morgan fingerprint density at radius 2 is 2.32 bits per heavy atom. The summed E-state index contributed by atoms with van der Waals surface area (Å²) in [5.41, 5.74) is 0. The van der Waals surface area contributed by atoms with Crippen molar-refractivity contribution < 1.29 is 8.42 Å². The SMILES string of the molecule is C[C@@H](C#N)CSc1nnc([C@@H]2CCS(=O)(=O)C2)n1C. The molecule has 0 saturated carbocycles. The summed E-state index contributed by atoms with van der Waals surface area (Å²) in [5.74, 6) is 1.69. The summed E-state index contributed by atoms with van der Waals surface area (Å²) < 4.78 is 24.8. The molecular weight excluding hydrogens is 284 g/mol. The van der Waals surface area contributed by atoms with Crippen LogP contribution in [0.2, 0.25) is 0 Å². The molecule has 0 N–H and O–H groups in total. The van der Waals surface area contributed by atoms with Crippen molar-refractivity contribution in [3.8, 4) is 6.07 Å². The number of thioether (sulfide) groups is 1. The van der Waals surface area contributed by atoms with Gasteiger partial charge >= 0.3 is 0 Å². The molecule has 8 heteroatoms. The smallest absolute Gasteiger partial charge is 0.191 e. The van der Waals surface area contributed by atoms with Gasteiger partial charge in [0.25, 0.3) is 0 Å². The molecule has 1 aromatic heterocycles. The van der Waals surface area contributed by atoms with Crippen LogP contribution in [0.15, 0.2) is 5.16 Å². The van der Waals surface area contributed by atoms with E-state index in [4.69, 9.17) is 5.26 Å². The maximum Gasteiger partial charge on any atom is 0.191 e. The molecule has 19 heavy (non-hydrogen) atoms. The second-order valence-corrected chi connectivity index (χ2v) is 8.06. The Morgan fingerprint density at radius 3 is 2.89 bits per heavy atom. The molecule has 1 aromatic rings. The van der Waals surface area contributed by atoms with E-state index in [-0.39, 0.29) is 23.3 Å². The van der Waals surface area contributed by atoms with Crippen LogP contribution in [0, 0.1) is 17.2 Å². The summed E-state index contributed by atoms with van der Waals surface area (Å²) in [7, 11) is -1.06. The topological polar surface area (TPSA) is 88.6 Å². The molecular formula is C11H16N4O2S2.